The van der Waals surface area contributed by atoms with E-state index in [-0.39, 0.29) is 5.91 Å². The van der Waals surface area contributed by atoms with E-state index < -0.39 is 0 Å². The molecule has 0 aliphatic rings. The van der Waals surface area contributed by atoms with Crippen molar-refractivity contribution in [3.8, 4) is 11.3 Å². The van der Waals surface area contributed by atoms with Gasteiger partial charge in [0.15, 0.2) is 5.13 Å². The van der Waals surface area contributed by atoms with E-state index in [4.69, 9.17) is 0 Å². The highest BCUT2D eigenvalue weighted by Crippen LogP contribution is 2.27. The van der Waals surface area contributed by atoms with E-state index in [9.17, 15) is 4.79 Å². The summed E-state index contributed by atoms with van der Waals surface area (Å²) in [7, 11) is 0. The van der Waals surface area contributed by atoms with Gasteiger partial charge in [0.25, 0.3) is 5.91 Å². The molecule has 0 aliphatic carbocycles. The Bertz CT molecular complexity index is 1150. The maximum atomic E-state index is 12.6. The molecule has 1 amide bonds. The lowest BCUT2D eigenvalue weighted by molar-refractivity contribution is 0.102. The molecule has 0 radical (unpaired) electrons. The molecule has 29 heavy (non-hydrogen) atoms. The lowest BCUT2D eigenvalue weighted by Gasteiger charge is -2.09. The van der Waals surface area contributed by atoms with Crippen LogP contribution in [0.4, 0.5) is 16.5 Å². The highest BCUT2D eigenvalue weighted by Gasteiger charge is 2.09. The normalized spacial score (nSPS) is 10.6. The standard InChI is InChI=1S/C23H20N4OS/c1-15-6-7-18(12-16(15)2)22(28)25-19-4-3-5-20(13-19)26-23-27-21(14-29-23)17-8-10-24-11-9-17/h3-14H,1-2H3,(H,25,28)(H,26,27). The third kappa shape index (κ3) is 4.50. The largest absolute Gasteiger partial charge is 0.331 e. The van der Waals surface area contributed by atoms with Gasteiger partial charge in [0.1, 0.15) is 0 Å². The van der Waals surface area contributed by atoms with Gasteiger partial charge in [0.2, 0.25) is 0 Å². The Morgan fingerprint density at radius 1 is 0.931 bits per heavy atom. The number of anilines is 3. The van der Waals surface area contributed by atoms with Crippen molar-refractivity contribution in [2.24, 2.45) is 0 Å². The van der Waals surface area contributed by atoms with Crippen molar-refractivity contribution in [2.45, 2.75) is 13.8 Å². The average Bonchev–Trinajstić information content (AvgIpc) is 3.19. The third-order valence-electron chi connectivity index (χ3n) is 4.62. The number of thiazole rings is 1. The second-order valence-electron chi connectivity index (χ2n) is 6.73. The number of carbonyl (C=O) groups is 1. The van der Waals surface area contributed by atoms with Crippen LogP contribution in [0.2, 0.25) is 0 Å². The number of carbonyl (C=O) groups excluding carboxylic acids is 1. The van der Waals surface area contributed by atoms with Gasteiger partial charge < -0.3 is 10.6 Å². The third-order valence-corrected chi connectivity index (χ3v) is 5.38. The van der Waals surface area contributed by atoms with Crippen molar-refractivity contribution in [1.29, 1.82) is 0 Å². The first-order valence-corrected chi connectivity index (χ1v) is 10.1. The Kier molecular flexibility index (Phi) is 5.35. The number of pyridine rings is 1. The van der Waals surface area contributed by atoms with E-state index in [0.29, 0.717) is 5.56 Å². The predicted molar refractivity (Wildman–Crippen MR) is 119 cm³/mol. The molecule has 144 valence electrons. The van der Waals surface area contributed by atoms with Crippen molar-refractivity contribution < 1.29 is 4.79 Å². The Labute approximate surface area is 173 Å². The SMILES string of the molecule is Cc1ccc(C(=O)Nc2cccc(Nc3nc(-c4ccncc4)cs3)c2)cc1C. The number of rotatable bonds is 5. The minimum atomic E-state index is -0.125. The molecule has 0 spiro atoms. The molecule has 2 aromatic heterocycles. The highest BCUT2D eigenvalue weighted by molar-refractivity contribution is 7.14. The molecule has 2 aromatic carbocycles. The zero-order valence-corrected chi connectivity index (χ0v) is 17.0. The number of nitrogens with one attached hydrogen (secondary N) is 2. The topological polar surface area (TPSA) is 66.9 Å². The van der Waals surface area contributed by atoms with Crippen LogP contribution in [0.15, 0.2) is 72.4 Å². The summed E-state index contributed by atoms with van der Waals surface area (Å²) in [5.74, 6) is -0.125. The molecule has 0 atom stereocenters. The van der Waals surface area contributed by atoms with Crippen LogP contribution in [0.3, 0.4) is 0 Å². The van der Waals surface area contributed by atoms with Crippen LogP contribution in [0.25, 0.3) is 11.3 Å². The van der Waals surface area contributed by atoms with Crippen LogP contribution in [0.1, 0.15) is 21.5 Å². The van der Waals surface area contributed by atoms with E-state index >= 15 is 0 Å². The average molecular weight is 401 g/mol. The van der Waals surface area contributed by atoms with E-state index in [1.165, 1.54) is 16.9 Å². The maximum Gasteiger partial charge on any atom is 0.255 e. The van der Waals surface area contributed by atoms with Gasteiger partial charge in [-0.05, 0) is 67.4 Å². The summed E-state index contributed by atoms with van der Waals surface area (Å²) < 4.78 is 0. The summed E-state index contributed by atoms with van der Waals surface area (Å²) in [4.78, 5) is 21.2. The van der Waals surface area contributed by atoms with Crippen molar-refractivity contribution >= 4 is 33.8 Å². The van der Waals surface area contributed by atoms with Crippen LogP contribution in [-0.4, -0.2) is 15.9 Å². The summed E-state index contributed by atoms with van der Waals surface area (Å²) in [6.45, 7) is 4.04. The lowest BCUT2D eigenvalue weighted by Crippen LogP contribution is -2.12. The van der Waals surface area contributed by atoms with E-state index in [1.54, 1.807) is 12.4 Å². The zero-order valence-electron chi connectivity index (χ0n) is 16.1. The maximum absolute atomic E-state index is 12.6. The minimum Gasteiger partial charge on any atom is -0.331 e. The number of nitrogens with zero attached hydrogens (tertiary/aromatic N) is 2. The van der Waals surface area contributed by atoms with Crippen molar-refractivity contribution in [3.63, 3.8) is 0 Å². The summed E-state index contributed by atoms with van der Waals surface area (Å²) in [6.07, 6.45) is 3.51. The van der Waals surface area contributed by atoms with Gasteiger partial charge in [-0.3, -0.25) is 9.78 Å². The molecule has 0 bridgehead atoms. The molecule has 6 heteroatoms. The summed E-state index contributed by atoms with van der Waals surface area (Å²) >= 11 is 1.53. The number of aromatic nitrogens is 2. The molecule has 0 saturated carbocycles. The van der Waals surface area contributed by atoms with Gasteiger partial charge in [-0.25, -0.2) is 4.98 Å². The Morgan fingerprint density at radius 3 is 2.52 bits per heavy atom. The lowest BCUT2D eigenvalue weighted by atomic mass is 10.1. The van der Waals surface area contributed by atoms with E-state index in [0.717, 1.165) is 33.3 Å². The molecule has 2 N–H and O–H groups in total. The molecule has 0 aliphatic heterocycles. The molecular formula is C23H20N4OS. The first kappa shape index (κ1) is 18.8. The molecule has 0 unspecified atom stereocenters. The van der Waals surface area contributed by atoms with Crippen LogP contribution in [0.5, 0.6) is 0 Å². The quantitative estimate of drug-likeness (QED) is 0.443. The van der Waals surface area contributed by atoms with E-state index in [1.807, 2.05) is 73.8 Å². The molecule has 0 fully saturated rings. The monoisotopic (exact) mass is 400 g/mol. The number of amides is 1. The van der Waals surface area contributed by atoms with Crippen molar-refractivity contribution in [1.82, 2.24) is 9.97 Å². The predicted octanol–water partition coefficient (Wildman–Crippen LogP) is 5.82. The summed E-state index contributed by atoms with van der Waals surface area (Å²) in [5.41, 5.74) is 6.43. The first-order chi connectivity index (χ1) is 14.1. The molecule has 4 aromatic rings. The van der Waals surface area contributed by atoms with Crippen LogP contribution >= 0.6 is 11.3 Å². The van der Waals surface area contributed by atoms with Gasteiger partial charge >= 0.3 is 0 Å². The van der Waals surface area contributed by atoms with Crippen LogP contribution in [-0.2, 0) is 0 Å². The number of hydrogen-bond acceptors (Lipinski definition) is 5. The van der Waals surface area contributed by atoms with Gasteiger partial charge in [-0.2, -0.15) is 0 Å². The Morgan fingerprint density at radius 2 is 1.72 bits per heavy atom. The summed E-state index contributed by atoms with van der Waals surface area (Å²) in [5, 5.41) is 9.05. The fourth-order valence-electron chi connectivity index (χ4n) is 2.87. The fourth-order valence-corrected chi connectivity index (χ4v) is 3.61. The fraction of sp³-hybridized carbons (Fsp3) is 0.0870. The molecule has 2 heterocycles. The molecule has 4 rings (SSSR count). The summed E-state index contributed by atoms with van der Waals surface area (Å²) in [6, 6.07) is 17.2. The van der Waals surface area contributed by atoms with E-state index in [2.05, 4.69) is 20.6 Å². The van der Waals surface area contributed by atoms with Gasteiger partial charge in [-0.1, -0.05) is 12.1 Å². The van der Waals surface area contributed by atoms with Gasteiger partial charge in [-0.15, -0.1) is 11.3 Å². The minimum absolute atomic E-state index is 0.125. The molecular weight excluding hydrogens is 380 g/mol. The Hall–Kier alpha value is -3.51. The first-order valence-electron chi connectivity index (χ1n) is 9.20. The second-order valence-corrected chi connectivity index (χ2v) is 7.59. The molecule has 0 saturated heterocycles. The van der Waals surface area contributed by atoms with Crippen molar-refractivity contribution in [2.75, 3.05) is 10.6 Å². The zero-order chi connectivity index (χ0) is 20.2. The number of aryl methyl sites for hydroxylation is 2. The van der Waals surface area contributed by atoms with Gasteiger partial charge in [0, 0.05) is 40.3 Å². The smallest absolute Gasteiger partial charge is 0.255 e. The second kappa shape index (κ2) is 8.24. The molecule has 5 nitrogen and oxygen atoms in total. The van der Waals surface area contributed by atoms with Gasteiger partial charge in [0.05, 0.1) is 5.69 Å². The number of benzene rings is 2. The number of hydrogen-bond donors (Lipinski definition) is 2. The Balaban J connectivity index is 1.47. The highest BCUT2D eigenvalue weighted by atomic mass is 32.1. The van der Waals surface area contributed by atoms with Crippen LogP contribution in [0, 0.1) is 13.8 Å². The van der Waals surface area contributed by atoms with Crippen molar-refractivity contribution in [3.05, 3.63) is 89.1 Å². The van der Waals surface area contributed by atoms with Crippen LogP contribution < -0.4 is 10.6 Å².